The number of hydrogen-bond donors (Lipinski definition) is 1. The van der Waals surface area contributed by atoms with Gasteiger partial charge in [0.2, 0.25) is 0 Å². The minimum atomic E-state index is -0.658. The Bertz CT molecular complexity index is 475. The lowest BCUT2D eigenvalue weighted by Gasteiger charge is -2.04. The number of hydrogen-bond acceptors (Lipinski definition) is 3. The molecule has 0 aliphatic heterocycles. The highest BCUT2D eigenvalue weighted by Gasteiger charge is 2.00. The molecule has 0 unspecified atom stereocenters. The number of carbonyl (C=O) groups excluding carboxylic acids is 1. The Labute approximate surface area is 217 Å². The molecule has 0 aromatic rings. The number of carboxylic acid groups (broad SMARTS) is 1. The molecular weight excluding hydrogens is 436 g/mol. The zero-order valence-corrected chi connectivity index (χ0v) is 23.0. The highest BCUT2D eigenvalue weighted by atomic mass is 16.5. The normalized spacial score (nSPS) is 11.0. The van der Waals surface area contributed by atoms with Crippen molar-refractivity contribution in [3.8, 4) is 0 Å². The van der Waals surface area contributed by atoms with Gasteiger partial charge in [-0.15, -0.1) is 0 Å². The zero-order valence-electron chi connectivity index (χ0n) is 23.0. The van der Waals surface area contributed by atoms with Crippen LogP contribution in [0.5, 0.6) is 0 Å². The van der Waals surface area contributed by atoms with Crippen molar-refractivity contribution < 1.29 is 19.4 Å². The second kappa shape index (κ2) is 28.9. The van der Waals surface area contributed by atoms with E-state index in [1.54, 1.807) is 0 Å². The van der Waals surface area contributed by atoms with Crippen LogP contribution < -0.4 is 0 Å². The average molecular weight is 495 g/mol. The third kappa shape index (κ3) is 30.6. The summed E-state index contributed by atoms with van der Waals surface area (Å²) in [5.74, 6) is -0.812. The number of rotatable bonds is 29. The summed E-state index contributed by atoms with van der Waals surface area (Å²) in [6, 6.07) is 0. The smallest absolute Gasteiger partial charge is 0.310 e. The lowest BCUT2D eigenvalue weighted by Crippen LogP contribution is -1.98. The monoisotopic (exact) mass is 494 g/mol. The van der Waals surface area contributed by atoms with Gasteiger partial charge < -0.3 is 9.84 Å². The van der Waals surface area contributed by atoms with E-state index in [1.165, 1.54) is 141 Å². The molecule has 0 amide bonds. The van der Waals surface area contributed by atoms with Crippen LogP contribution in [0.2, 0.25) is 0 Å². The summed E-state index contributed by atoms with van der Waals surface area (Å²) in [6.45, 7) is 3.40. The van der Waals surface area contributed by atoms with E-state index in [-0.39, 0.29) is 5.97 Å². The van der Waals surface area contributed by atoms with Crippen LogP contribution in [-0.4, -0.2) is 17.0 Å². The minimum Gasteiger partial charge on any atom is -0.481 e. The second-order valence-electron chi connectivity index (χ2n) is 10.4. The number of unbranched alkanes of at least 4 members (excludes halogenated alkanes) is 24. The van der Waals surface area contributed by atoms with Crippen molar-refractivity contribution in [3.63, 3.8) is 0 Å². The maximum Gasteiger partial charge on any atom is 0.310 e. The summed E-state index contributed by atoms with van der Waals surface area (Å²) in [6.07, 6.45) is 34.8. The highest BCUT2D eigenvalue weighted by Crippen LogP contribution is 2.16. The summed E-state index contributed by atoms with van der Waals surface area (Å²) in [4.78, 5) is 21.6. The molecule has 0 rings (SSSR count). The van der Waals surface area contributed by atoms with E-state index in [0.29, 0.717) is 12.8 Å². The van der Waals surface area contributed by atoms with Crippen LogP contribution in [0.15, 0.2) is 12.8 Å². The van der Waals surface area contributed by atoms with Gasteiger partial charge in [0.1, 0.15) is 0 Å². The summed E-state index contributed by atoms with van der Waals surface area (Å²) < 4.78 is 4.72. The average Bonchev–Trinajstić information content (AvgIpc) is 2.83. The van der Waals surface area contributed by atoms with Gasteiger partial charge in [-0.2, -0.15) is 0 Å². The summed E-state index contributed by atoms with van der Waals surface area (Å²) >= 11 is 0. The number of esters is 1. The molecule has 0 saturated carbocycles. The third-order valence-corrected chi connectivity index (χ3v) is 6.99. The predicted molar refractivity (Wildman–Crippen MR) is 149 cm³/mol. The second-order valence-corrected chi connectivity index (χ2v) is 10.4. The zero-order chi connectivity index (χ0) is 25.7. The SMILES string of the molecule is C=COC(=O)CCCCCCCCCCCCCCCCCCCCCCCCCCCC(=O)O. The fraction of sp³-hybridized carbons (Fsp3) is 0.871. The molecule has 206 valence electrons. The first-order valence-corrected chi connectivity index (χ1v) is 15.2. The van der Waals surface area contributed by atoms with Crippen molar-refractivity contribution in [3.05, 3.63) is 12.8 Å². The van der Waals surface area contributed by atoms with Crippen LogP contribution in [-0.2, 0) is 14.3 Å². The first-order valence-electron chi connectivity index (χ1n) is 15.2. The fourth-order valence-electron chi connectivity index (χ4n) is 4.76. The maximum atomic E-state index is 11.2. The van der Waals surface area contributed by atoms with Crippen molar-refractivity contribution in [1.82, 2.24) is 0 Å². The third-order valence-electron chi connectivity index (χ3n) is 6.99. The van der Waals surface area contributed by atoms with Gasteiger partial charge in [0.05, 0.1) is 6.26 Å². The number of ether oxygens (including phenoxy) is 1. The largest absolute Gasteiger partial charge is 0.481 e. The molecule has 0 fully saturated rings. The molecular formula is C31H58O4. The van der Waals surface area contributed by atoms with E-state index in [0.717, 1.165) is 25.7 Å². The first kappa shape index (κ1) is 33.7. The Morgan fingerprint density at radius 3 is 0.914 bits per heavy atom. The van der Waals surface area contributed by atoms with E-state index >= 15 is 0 Å². The van der Waals surface area contributed by atoms with Gasteiger partial charge in [-0.1, -0.05) is 154 Å². The van der Waals surface area contributed by atoms with Crippen LogP contribution in [0.1, 0.15) is 173 Å². The molecule has 0 atom stereocenters. The van der Waals surface area contributed by atoms with Crippen molar-refractivity contribution in [2.45, 2.75) is 173 Å². The topological polar surface area (TPSA) is 63.6 Å². The van der Waals surface area contributed by atoms with E-state index in [4.69, 9.17) is 9.84 Å². The lowest BCUT2D eigenvalue weighted by molar-refractivity contribution is -0.138. The molecule has 4 heteroatoms. The van der Waals surface area contributed by atoms with Crippen molar-refractivity contribution in [2.75, 3.05) is 0 Å². The number of carbonyl (C=O) groups is 2. The molecule has 0 aromatic carbocycles. The fourth-order valence-corrected chi connectivity index (χ4v) is 4.76. The van der Waals surface area contributed by atoms with E-state index in [2.05, 4.69) is 6.58 Å². The Morgan fingerprint density at radius 2 is 0.686 bits per heavy atom. The minimum absolute atomic E-state index is 0.154. The Morgan fingerprint density at radius 1 is 0.457 bits per heavy atom. The van der Waals surface area contributed by atoms with Crippen LogP contribution in [0.4, 0.5) is 0 Å². The quantitative estimate of drug-likeness (QED) is 0.0638. The Hall–Kier alpha value is -1.32. The maximum absolute atomic E-state index is 11.2. The summed E-state index contributed by atoms with van der Waals surface area (Å²) in [5, 5.41) is 8.61. The molecule has 0 heterocycles. The molecule has 0 saturated heterocycles. The van der Waals surface area contributed by atoms with Crippen LogP contribution >= 0.6 is 0 Å². The molecule has 4 nitrogen and oxygen atoms in total. The van der Waals surface area contributed by atoms with Gasteiger partial charge in [-0.05, 0) is 12.8 Å². The first-order chi connectivity index (χ1) is 17.2. The standard InChI is InChI=1S/C31H58O4/c1-2-35-31(34)29-27-25-23-21-19-17-15-13-11-9-7-5-3-4-6-8-10-12-14-16-18-20-22-24-26-28-30(32)33/h2H,1,3-29H2,(H,32,33). The van der Waals surface area contributed by atoms with Crippen LogP contribution in [0.25, 0.3) is 0 Å². The van der Waals surface area contributed by atoms with Crippen molar-refractivity contribution in [1.29, 1.82) is 0 Å². The number of aliphatic carboxylic acids is 1. The van der Waals surface area contributed by atoms with Crippen LogP contribution in [0.3, 0.4) is 0 Å². The molecule has 0 aromatic heterocycles. The number of carboxylic acids is 1. The Balaban J connectivity index is 3.06. The van der Waals surface area contributed by atoms with Crippen LogP contribution in [0, 0.1) is 0 Å². The predicted octanol–water partition coefficient (Wildman–Crippen LogP) is 10.3. The van der Waals surface area contributed by atoms with Gasteiger partial charge >= 0.3 is 11.9 Å². The molecule has 0 aliphatic carbocycles. The molecule has 0 radical (unpaired) electrons. The van der Waals surface area contributed by atoms with Crippen molar-refractivity contribution in [2.24, 2.45) is 0 Å². The van der Waals surface area contributed by atoms with Gasteiger partial charge in [0, 0.05) is 12.8 Å². The molecule has 35 heavy (non-hydrogen) atoms. The lowest BCUT2D eigenvalue weighted by atomic mass is 10.0. The van der Waals surface area contributed by atoms with E-state index in [1.807, 2.05) is 0 Å². The Kier molecular flexibility index (Phi) is 27.8. The molecule has 0 spiro atoms. The molecule has 0 bridgehead atoms. The van der Waals surface area contributed by atoms with Gasteiger partial charge in [-0.25, -0.2) is 0 Å². The summed E-state index contributed by atoms with van der Waals surface area (Å²) in [5.41, 5.74) is 0. The van der Waals surface area contributed by atoms with Gasteiger partial charge in [-0.3, -0.25) is 9.59 Å². The van der Waals surface area contributed by atoms with Gasteiger partial charge in [0.15, 0.2) is 0 Å². The summed E-state index contributed by atoms with van der Waals surface area (Å²) in [7, 11) is 0. The van der Waals surface area contributed by atoms with E-state index in [9.17, 15) is 9.59 Å². The highest BCUT2D eigenvalue weighted by molar-refractivity contribution is 5.69. The van der Waals surface area contributed by atoms with Gasteiger partial charge in [0.25, 0.3) is 0 Å². The van der Waals surface area contributed by atoms with E-state index < -0.39 is 5.97 Å². The molecule has 0 aliphatic rings. The molecule has 1 N–H and O–H groups in total. The van der Waals surface area contributed by atoms with Crippen molar-refractivity contribution >= 4 is 11.9 Å².